The standard InChI is InChI=1S/C21H15ClN4O/c22-20(27)21-8-7-18(26-21)11-17-4-3-14(24-17)9-13-1-2-15(23-13)10-16-5-6-19(12-21)25-16/h1-12,23-25H. The minimum absolute atomic E-state index is 0.544. The summed E-state index contributed by atoms with van der Waals surface area (Å²) in [6.07, 6.45) is 11.2. The van der Waals surface area contributed by atoms with E-state index in [1.807, 2.05) is 60.7 Å². The number of carbonyl (C=O) groups excluding carboxylic acids is 1. The summed E-state index contributed by atoms with van der Waals surface area (Å²) in [4.78, 5) is 26.7. The maximum atomic E-state index is 12.2. The van der Waals surface area contributed by atoms with E-state index in [0.717, 1.165) is 32.8 Å². The lowest BCUT2D eigenvalue weighted by molar-refractivity contribution is -0.113. The van der Waals surface area contributed by atoms with Gasteiger partial charge in [-0.25, -0.2) is 0 Å². The third-order valence-electron chi connectivity index (χ3n) is 4.63. The first-order chi connectivity index (χ1) is 13.1. The molecule has 0 amide bonds. The zero-order valence-electron chi connectivity index (χ0n) is 14.2. The van der Waals surface area contributed by atoms with Crippen molar-refractivity contribution in [1.82, 2.24) is 15.0 Å². The van der Waals surface area contributed by atoms with Crippen molar-refractivity contribution in [2.45, 2.75) is 5.54 Å². The average molecular weight is 375 g/mol. The summed E-state index contributed by atoms with van der Waals surface area (Å²) in [5.41, 5.74) is 1.46. The van der Waals surface area contributed by atoms with Gasteiger partial charge in [0.1, 0.15) is 0 Å². The van der Waals surface area contributed by atoms with Crippen molar-refractivity contribution in [1.29, 1.82) is 0 Å². The van der Waals surface area contributed by atoms with Gasteiger partial charge < -0.3 is 15.0 Å². The highest BCUT2D eigenvalue weighted by Gasteiger charge is 2.34. The Kier molecular flexibility index (Phi) is 3.45. The molecule has 3 aromatic heterocycles. The first-order valence-corrected chi connectivity index (χ1v) is 8.92. The van der Waals surface area contributed by atoms with Crippen LogP contribution < -0.4 is 21.4 Å². The molecule has 0 spiro atoms. The number of nitrogens with zero attached hydrogens (tertiary/aromatic N) is 1. The van der Waals surface area contributed by atoms with Crippen LogP contribution in [0.3, 0.4) is 0 Å². The summed E-state index contributed by atoms with van der Waals surface area (Å²) in [5.74, 6) is 0. The van der Waals surface area contributed by atoms with Crippen LogP contribution in [-0.4, -0.2) is 31.4 Å². The zero-order chi connectivity index (χ0) is 18.4. The van der Waals surface area contributed by atoms with Crippen LogP contribution in [-0.2, 0) is 4.79 Å². The van der Waals surface area contributed by atoms with Crippen molar-refractivity contribution in [3.8, 4) is 0 Å². The van der Waals surface area contributed by atoms with E-state index in [9.17, 15) is 4.79 Å². The van der Waals surface area contributed by atoms with Gasteiger partial charge in [0.25, 0.3) is 5.24 Å². The van der Waals surface area contributed by atoms with Gasteiger partial charge in [-0.15, -0.1) is 0 Å². The lowest BCUT2D eigenvalue weighted by Crippen LogP contribution is -2.30. The second kappa shape index (κ2) is 5.86. The van der Waals surface area contributed by atoms with Gasteiger partial charge in [0.2, 0.25) is 0 Å². The minimum Gasteiger partial charge on any atom is -0.356 e. The van der Waals surface area contributed by atoms with Crippen LogP contribution in [0.2, 0.25) is 0 Å². The molecule has 132 valence electrons. The van der Waals surface area contributed by atoms with Crippen LogP contribution in [0.1, 0.15) is 11.4 Å². The van der Waals surface area contributed by atoms with Crippen LogP contribution >= 0.6 is 11.6 Å². The highest BCUT2D eigenvalue weighted by Crippen LogP contribution is 2.24. The SMILES string of the molecule is O=C(Cl)C12C=CC(=N1)C=c1ccc([nH]1)=Cc1ccc([nH]1)C=c1ccc([nH]1)=C2. The predicted molar refractivity (Wildman–Crippen MR) is 107 cm³/mol. The lowest BCUT2D eigenvalue weighted by atomic mass is 10.0. The number of aromatic amines is 3. The molecule has 0 aliphatic carbocycles. The van der Waals surface area contributed by atoms with Crippen LogP contribution in [0.4, 0.5) is 0 Å². The Balaban J connectivity index is 1.81. The van der Waals surface area contributed by atoms with Gasteiger partial charge in [0.05, 0.1) is 5.71 Å². The highest BCUT2D eigenvalue weighted by molar-refractivity contribution is 6.67. The Hall–Kier alpha value is -3.31. The third-order valence-corrected chi connectivity index (χ3v) is 4.93. The molecular formula is C21H15ClN4O. The molecule has 2 aliphatic heterocycles. The minimum atomic E-state index is -1.20. The number of allylic oxidation sites excluding steroid dienone is 1. The number of rotatable bonds is 1. The number of hydrogen-bond donors (Lipinski definition) is 3. The van der Waals surface area contributed by atoms with Gasteiger partial charge >= 0.3 is 0 Å². The molecule has 1 unspecified atom stereocenters. The number of aromatic nitrogens is 3. The third kappa shape index (κ3) is 2.92. The maximum absolute atomic E-state index is 12.2. The lowest BCUT2D eigenvalue weighted by Gasteiger charge is -2.13. The molecule has 27 heavy (non-hydrogen) atoms. The first-order valence-electron chi connectivity index (χ1n) is 8.54. The van der Waals surface area contributed by atoms with Crippen molar-refractivity contribution < 1.29 is 4.79 Å². The maximum Gasteiger partial charge on any atom is 0.257 e. The quantitative estimate of drug-likeness (QED) is 0.530. The summed E-state index contributed by atoms with van der Waals surface area (Å²) in [5, 5.41) is 3.02. The van der Waals surface area contributed by atoms with Gasteiger partial charge in [-0.05, 0) is 84.5 Å². The van der Waals surface area contributed by atoms with E-state index in [1.54, 1.807) is 12.2 Å². The summed E-state index contributed by atoms with van der Waals surface area (Å²) < 4.78 is 0. The Labute approximate surface area is 158 Å². The zero-order valence-corrected chi connectivity index (χ0v) is 14.9. The van der Waals surface area contributed by atoms with E-state index in [0.29, 0.717) is 5.71 Å². The molecule has 2 aliphatic rings. The van der Waals surface area contributed by atoms with E-state index in [1.165, 1.54) is 0 Å². The molecule has 0 fully saturated rings. The van der Waals surface area contributed by atoms with Crippen molar-refractivity contribution >= 4 is 46.9 Å². The summed E-state index contributed by atoms with van der Waals surface area (Å²) >= 11 is 5.91. The molecule has 0 aromatic carbocycles. The Bertz CT molecular complexity index is 1370. The average Bonchev–Trinajstić information content (AvgIpc) is 3.39. The molecule has 5 rings (SSSR count). The molecule has 3 N–H and O–H groups in total. The molecule has 3 aromatic rings. The van der Waals surface area contributed by atoms with Gasteiger partial charge in [0, 0.05) is 32.8 Å². The molecule has 8 bridgehead atoms. The van der Waals surface area contributed by atoms with Crippen molar-refractivity contribution in [2.75, 3.05) is 0 Å². The van der Waals surface area contributed by atoms with E-state index in [2.05, 4.69) is 19.9 Å². The largest absolute Gasteiger partial charge is 0.356 e. The van der Waals surface area contributed by atoms with Crippen LogP contribution in [0, 0.1) is 0 Å². The molecular weight excluding hydrogens is 360 g/mol. The first kappa shape index (κ1) is 15.9. The Morgan fingerprint density at radius 2 is 1.41 bits per heavy atom. The number of fused-ring (bicyclic) bond motifs is 7. The van der Waals surface area contributed by atoms with Gasteiger partial charge in [-0.3, -0.25) is 9.79 Å². The molecule has 5 nitrogen and oxygen atoms in total. The number of hydrogen-bond acceptors (Lipinski definition) is 2. The summed E-state index contributed by atoms with van der Waals surface area (Å²) in [7, 11) is 0. The number of halogens is 1. The van der Waals surface area contributed by atoms with Gasteiger partial charge in [-0.1, -0.05) is 0 Å². The van der Waals surface area contributed by atoms with Crippen molar-refractivity contribution in [3.63, 3.8) is 0 Å². The number of carbonyl (C=O) groups is 1. The van der Waals surface area contributed by atoms with Crippen LogP contribution in [0.25, 0.3) is 24.3 Å². The van der Waals surface area contributed by atoms with Gasteiger partial charge in [-0.2, -0.15) is 0 Å². The Morgan fingerprint density at radius 3 is 2.07 bits per heavy atom. The Morgan fingerprint density at radius 1 is 0.815 bits per heavy atom. The number of nitrogens with one attached hydrogen (secondary N) is 3. The smallest absolute Gasteiger partial charge is 0.257 e. The van der Waals surface area contributed by atoms with E-state index < -0.39 is 10.8 Å². The van der Waals surface area contributed by atoms with Crippen molar-refractivity contribution in [2.24, 2.45) is 4.99 Å². The molecule has 1 atom stereocenters. The highest BCUT2D eigenvalue weighted by atomic mass is 35.5. The fourth-order valence-corrected chi connectivity index (χ4v) is 3.51. The van der Waals surface area contributed by atoms with Crippen LogP contribution in [0.5, 0.6) is 0 Å². The number of aliphatic imine (C=N–C) groups is 1. The van der Waals surface area contributed by atoms with Gasteiger partial charge in [0.15, 0.2) is 5.54 Å². The topological polar surface area (TPSA) is 76.8 Å². The predicted octanol–water partition coefficient (Wildman–Crippen LogP) is 0.418. The second-order valence-electron chi connectivity index (χ2n) is 6.65. The normalized spacial score (nSPS) is 20.1. The van der Waals surface area contributed by atoms with E-state index in [-0.39, 0.29) is 0 Å². The fourth-order valence-electron chi connectivity index (χ4n) is 3.35. The van der Waals surface area contributed by atoms with Crippen LogP contribution in [0.15, 0.2) is 53.5 Å². The molecule has 6 heteroatoms. The second-order valence-corrected chi connectivity index (χ2v) is 7.00. The van der Waals surface area contributed by atoms with E-state index in [4.69, 9.17) is 11.6 Å². The summed E-state index contributed by atoms with van der Waals surface area (Å²) in [6.45, 7) is 0. The number of H-pyrrole nitrogens is 3. The molecule has 0 saturated carbocycles. The fraction of sp³-hybridized carbons (Fsp3) is 0.0476. The molecule has 0 saturated heterocycles. The summed E-state index contributed by atoms with van der Waals surface area (Å²) in [6, 6.07) is 11.9. The van der Waals surface area contributed by atoms with Crippen molar-refractivity contribution in [3.05, 3.63) is 81.3 Å². The molecule has 5 heterocycles. The van der Waals surface area contributed by atoms with E-state index >= 15 is 0 Å². The monoisotopic (exact) mass is 374 g/mol. The molecule has 0 radical (unpaired) electrons.